The lowest BCUT2D eigenvalue weighted by Gasteiger charge is -2.33. The van der Waals surface area contributed by atoms with Crippen LogP contribution in [0, 0.1) is 19.1 Å². The van der Waals surface area contributed by atoms with Crippen LogP contribution in [0.3, 0.4) is 0 Å². The third-order valence-corrected chi connectivity index (χ3v) is 4.25. The first-order chi connectivity index (χ1) is 11.2. The highest BCUT2D eigenvalue weighted by Gasteiger charge is 2.22. The van der Waals surface area contributed by atoms with Gasteiger partial charge >= 0.3 is 0 Å². The molecule has 0 aliphatic carbocycles. The molecule has 1 aliphatic rings. The van der Waals surface area contributed by atoms with Crippen LogP contribution in [0.1, 0.15) is 5.89 Å². The van der Waals surface area contributed by atoms with Gasteiger partial charge in [0.2, 0.25) is 0 Å². The van der Waals surface area contributed by atoms with E-state index < -0.39 is 0 Å². The summed E-state index contributed by atoms with van der Waals surface area (Å²) in [5.74, 6) is 1.57. The first kappa shape index (κ1) is 14.0. The number of likely N-dealkylation sites (N-methyl/N-ethyl adjacent to an activating group) is 1. The molecule has 1 aliphatic heterocycles. The van der Waals surface area contributed by atoms with Gasteiger partial charge in [0.25, 0.3) is 0 Å². The second-order valence-electron chi connectivity index (χ2n) is 5.91. The highest BCUT2D eigenvalue weighted by Crippen LogP contribution is 2.33. The summed E-state index contributed by atoms with van der Waals surface area (Å²) >= 11 is 0. The van der Waals surface area contributed by atoms with Gasteiger partial charge in [0.1, 0.15) is 0 Å². The standard InChI is InChI=1S/C18H18N4O/c1-13-20-16-17(23-13)15(14-6-4-3-5-7-14)12-19-18(16)22-10-8-21(2)9-11-22/h3-4,6,12H,8-11H2,1-2H3. The lowest BCUT2D eigenvalue weighted by atomic mass is 10.1. The summed E-state index contributed by atoms with van der Waals surface area (Å²) in [6, 6.07) is 11.9. The Hall–Kier alpha value is -2.58. The number of rotatable bonds is 2. The normalized spacial score (nSPS) is 15.8. The van der Waals surface area contributed by atoms with Crippen molar-refractivity contribution in [1.82, 2.24) is 14.9 Å². The van der Waals surface area contributed by atoms with Crippen LogP contribution < -0.4 is 4.90 Å². The van der Waals surface area contributed by atoms with E-state index in [-0.39, 0.29) is 0 Å². The molecule has 0 N–H and O–H groups in total. The van der Waals surface area contributed by atoms with Gasteiger partial charge in [-0.3, -0.25) is 0 Å². The van der Waals surface area contributed by atoms with Crippen molar-refractivity contribution in [3.05, 3.63) is 42.4 Å². The summed E-state index contributed by atoms with van der Waals surface area (Å²) in [5.41, 5.74) is 3.45. The molecule has 5 heteroatoms. The number of piperazine rings is 1. The van der Waals surface area contributed by atoms with Crippen LogP contribution in [-0.4, -0.2) is 48.1 Å². The maximum absolute atomic E-state index is 5.88. The Morgan fingerprint density at radius 2 is 2.04 bits per heavy atom. The molecule has 4 rings (SSSR count). The van der Waals surface area contributed by atoms with E-state index in [1.54, 1.807) is 0 Å². The largest absolute Gasteiger partial charge is 0.440 e. The molecular formula is C18H18N4O. The highest BCUT2D eigenvalue weighted by molar-refractivity contribution is 5.95. The summed E-state index contributed by atoms with van der Waals surface area (Å²) in [7, 11) is 2.14. The fourth-order valence-corrected chi connectivity index (χ4v) is 2.96. The smallest absolute Gasteiger partial charge is 0.192 e. The zero-order valence-corrected chi connectivity index (χ0v) is 13.3. The molecule has 23 heavy (non-hydrogen) atoms. The number of aromatic nitrogens is 2. The summed E-state index contributed by atoms with van der Waals surface area (Å²) in [5, 5.41) is 0. The molecule has 1 aromatic carbocycles. The van der Waals surface area contributed by atoms with Gasteiger partial charge in [-0.15, -0.1) is 0 Å². The van der Waals surface area contributed by atoms with Gasteiger partial charge in [-0.25, -0.2) is 9.97 Å². The summed E-state index contributed by atoms with van der Waals surface area (Å²) in [6.07, 6.45) is 1.86. The van der Waals surface area contributed by atoms with E-state index in [9.17, 15) is 0 Å². The molecular weight excluding hydrogens is 288 g/mol. The second kappa shape index (κ2) is 5.56. The number of pyridine rings is 1. The molecule has 2 aromatic heterocycles. The first-order valence-corrected chi connectivity index (χ1v) is 7.81. The van der Waals surface area contributed by atoms with E-state index in [0.717, 1.165) is 54.2 Å². The average Bonchev–Trinajstić information content (AvgIpc) is 2.97. The lowest BCUT2D eigenvalue weighted by molar-refractivity contribution is 0.312. The zero-order valence-electron chi connectivity index (χ0n) is 13.3. The van der Waals surface area contributed by atoms with Crippen molar-refractivity contribution in [2.24, 2.45) is 0 Å². The van der Waals surface area contributed by atoms with E-state index in [4.69, 9.17) is 9.40 Å². The quantitative estimate of drug-likeness (QED) is 0.728. The SMILES string of the molecule is Cc1nc2c(N3CCN(C)CC3)ncc(-c3c#cccc3)c2o1. The Labute approximate surface area is 135 Å². The predicted molar refractivity (Wildman–Crippen MR) is 89.4 cm³/mol. The molecule has 0 atom stereocenters. The lowest BCUT2D eigenvalue weighted by Crippen LogP contribution is -2.44. The number of aryl methyl sites for hydroxylation is 1. The van der Waals surface area contributed by atoms with Crippen molar-refractivity contribution in [1.29, 1.82) is 0 Å². The molecule has 0 radical (unpaired) electrons. The first-order valence-electron chi connectivity index (χ1n) is 7.81. The third kappa shape index (κ3) is 2.51. The van der Waals surface area contributed by atoms with Crippen LogP contribution in [0.5, 0.6) is 0 Å². The summed E-state index contributed by atoms with van der Waals surface area (Å²) in [6.45, 7) is 5.84. The Bertz CT molecular complexity index is 820. The molecule has 3 heterocycles. The van der Waals surface area contributed by atoms with E-state index in [0.29, 0.717) is 5.89 Å². The molecule has 0 amide bonds. The highest BCUT2D eigenvalue weighted by atomic mass is 16.3. The van der Waals surface area contributed by atoms with Crippen LogP contribution in [0.2, 0.25) is 0 Å². The summed E-state index contributed by atoms with van der Waals surface area (Å²) < 4.78 is 5.88. The second-order valence-corrected chi connectivity index (χ2v) is 5.91. The monoisotopic (exact) mass is 306 g/mol. The topological polar surface area (TPSA) is 45.4 Å². The fraction of sp³-hybridized carbons (Fsp3) is 0.333. The molecule has 0 spiro atoms. The molecule has 0 saturated carbocycles. The van der Waals surface area contributed by atoms with Gasteiger partial charge in [0, 0.05) is 44.9 Å². The maximum Gasteiger partial charge on any atom is 0.192 e. The van der Waals surface area contributed by atoms with Gasteiger partial charge in [-0.05, 0) is 19.2 Å². The van der Waals surface area contributed by atoms with E-state index >= 15 is 0 Å². The minimum atomic E-state index is 0.657. The fourth-order valence-electron chi connectivity index (χ4n) is 2.96. The van der Waals surface area contributed by atoms with E-state index in [1.165, 1.54) is 0 Å². The van der Waals surface area contributed by atoms with Crippen LogP contribution >= 0.6 is 0 Å². The van der Waals surface area contributed by atoms with Crippen LogP contribution in [0.4, 0.5) is 5.82 Å². The molecule has 5 nitrogen and oxygen atoms in total. The minimum Gasteiger partial charge on any atom is -0.440 e. The number of hydrogen-bond acceptors (Lipinski definition) is 5. The van der Waals surface area contributed by atoms with Crippen LogP contribution in [0.15, 0.2) is 28.8 Å². The Morgan fingerprint density at radius 1 is 1.22 bits per heavy atom. The van der Waals surface area contributed by atoms with Gasteiger partial charge in [0.15, 0.2) is 22.8 Å². The third-order valence-electron chi connectivity index (χ3n) is 4.25. The molecule has 0 bridgehead atoms. The Balaban J connectivity index is 1.83. The Morgan fingerprint density at radius 3 is 2.78 bits per heavy atom. The maximum atomic E-state index is 5.88. The van der Waals surface area contributed by atoms with Gasteiger partial charge in [-0.1, -0.05) is 18.2 Å². The van der Waals surface area contributed by atoms with Crippen molar-refractivity contribution < 1.29 is 4.42 Å². The van der Waals surface area contributed by atoms with Crippen molar-refractivity contribution in [3.8, 4) is 11.1 Å². The van der Waals surface area contributed by atoms with Crippen molar-refractivity contribution in [2.75, 3.05) is 38.1 Å². The van der Waals surface area contributed by atoms with Crippen molar-refractivity contribution >= 4 is 16.9 Å². The number of oxazole rings is 1. The van der Waals surface area contributed by atoms with E-state index in [1.807, 2.05) is 31.3 Å². The zero-order chi connectivity index (χ0) is 15.8. The van der Waals surface area contributed by atoms with Crippen molar-refractivity contribution in [3.63, 3.8) is 0 Å². The van der Waals surface area contributed by atoms with Crippen LogP contribution in [0.25, 0.3) is 22.2 Å². The minimum absolute atomic E-state index is 0.657. The predicted octanol–water partition coefficient (Wildman–Crippen LogP) is 2.55. The molecule has 1 fully saturated rings. The summed E-state index contributed by atoms with van der Waals surface area (Å²) in [4.78, 5) is 13.9. The number of nitrogens with zero attached hydrogens (tertiary/aromatic N) is 4. The van der Waals surface area contributed by atoms with Gasteiger partial charge in [0.05, 0.1) is 5.56 Å². The van der Waals surface area contributed by atoms with Gasteiger partial charge in [-0.2, -0.15) is 0 Å². The van der Waals surface area contributed by atoms with Crippen LogP contribution in [-0.2, 0) is 0 Å². The number of hydrogen-bond donors (Lipinski definition) is 0. The van der Waals surface area contributed by atoms with E-state index in [2.05, 4.69) is 34.0 Å². The van der Waals surface area contributed by atoms with Crippen molar-refractivity contribution in [2.45, 2.75) is 6.92 Å². The van der Waals surface area contributed by atoms with Gasteiger partial charge < -0.3 is 14.2 Å². The molecule has 116 valence electrons. The average molecular weight is 306 g/mol. The number of anilines is 1. The molecule has 0 unspecified atom stereocenters. The Kier molecular flexibility index (Phi) is 3.40. The molecule has 3 aromatic rings. The molecule has 1 saturated heterocycles. The number of fused-ring (bicyclic) bond motifs is 1.